The number of benzene rings is 1. The van der Waals surface area contributed by atoms with Gasteiger partial charge in [0.2, 0.25) is 0 Å². The molecule has 0 aromatic heterocycles. The maximum absolute atomic E-state index is 10.8. The lowest BCUT2D eigenvalue weighted by Crippen LogP contribution is -2.00. The monoisotopic (exact) mass is 312 g/mol. The van der Waals surface area contributed by atoms with Gasteiger partial charge in [-0.05, 0) is 49.4 Å². The van der Waals surface area contributed by atoms with Crippen LogP contribution in [-0.4, -0.2) is 25.9 Å². The Kier molecular flexibility index (Phi) is 13.3. The Morgan fingerprint density at radius 3 is 2.14 bits per heavy atom. The van der Waals surface area contributed by atoms with E-state index in [1.807, 2.05) is 32.9 Å². The molecule has 0 aliphatic carbocycles. The molecule has 3 nitrogen and oxygen atoms in total. The van der Waals surface area contributed by atoms with Crippen molar-refractivity contribution in [1.29, 1.82) is 0 Å². The average molecular weight is 312 g/mol. The minimum absolute atomic E-state index is 0.412. The Hall–Kier alpha value is -1.71. The molecule has 1 aromatic rings. The summed E-state index contributed by atoms with van der Waals surface area (Å²) in [7, 11) is 1.59. The van der Waals surface area contributed by atoms with Gasteiger partial charge < -0.3 is 4.74 Å². The molecule has 0 fully saturated rings. The smallest absolute Gasteiger partial charge is 0.160 e. The van der Waals surface area contributed by atoms with Gasteiger partial charge >= 0.3 is 0 Å². The van der Waals surface area contributed by atoms with Crippen molar-refractivity contribution in [3.05, 3.63) is 28.8 Å². The van der Waals surface area contributed by atoms with E-state index in [0.29, 0.717) is 17.2 Å². The first-order chi connectivity index (χ1) is 10.3. The van der Waals surface area contributed by atoms with Gasteiger partial charge in [-0.15, -0.1) is 0 Å². The summed E-state index contributed by atoms with van der Waals surface area (Å²) in [4.78, 5) is 20.2. The third kappa shape index (κ3) is 9.27. The molecule has 0 heterocycles. The van der Waals surface area contributed by atoms with Crippen molar-refractivity contribution in [2.45, 2.75) is 48.0 Å². The van der Waals surface area contributed by atoms with Crippen molar-refractivity contribution < 1.29 is 18.7 Å². The van der Waals surface area contributed by atoms with Crippen molar-refractivity contribution in [1.82, 2.24) is 0 Å². The number of aldehydes is 1. The number of carbonyl (C=O) groups excluding carboxylic acids is 2. The van der Waals surface area contributed by atoms with E-state index in [1.54, 1.807) is 7.11 Å². The van der Waals surface area contributed by atoms with Gasteiger partial charge in [-0.25, -0.2) is 4.39 Å². The van der Waals surface area contributed by atoms with Crippen LogP contribution in [0.5, 0.6) is 5.75 Å². The minimum atomic E-state index is -0.833. The molecule has 0 radical (unpaired) electrons. The number of Topliss-reactive ketones (excluding diaryl/α,β-unsaturated/α-hetero) is 1. The number of hydrogen-bond acceptors (Lipinski definition) is 3. The van der Waals surface area contributed by atoms with Gasteiger partial charge in [0.1, 0.15) is 12.4 Å². The number of aryl methyl sites for hydroxylation is 1. The molecule has 0 aliphatic rings. The molecule has 0 aliphatic heterocycles. The van der Waals surface area contributed by atoms with E-state index >= 15 is 0 Å². The zero-order valence-corrected chi connectivity index (χ0v) is 14.8. The van der Waals surface area contributed by atoms with Crippen LogP contribution in [0.3, 0.4) is 0 Å². The van der Waals surface area contributed by atoms with E-state index in [2.05, 4.69) is 13.8 Å². The van der Waals surface area contributed by atoms with Crippen LogP contribution >= 0.6 is 0 Å². The second kappa shape index (κ2) is 13.0. The standard InChI is InChI=1S/C13H18O2.C3H5FO.C2H6/c1-9(2)5-11-7-13(15-4)12(8-14)6-10(11)3;1-3(5)2-4;1-2/h6-9H,5H2,1-4H3;2H2,1H3;1-2H3. The maximum Gasteiger partial charge on any atom is 0.160 e. The molecule has 0 atom stereocenters. The SMILES string of the molecule is CC.CC(=O)CF.COc1cc(CC(C)C)c(C)cc1C=O. The zero-order chi connectivity index (χ0) is 17.7. The van der Waals surface area contributed by atoms with E-state index in [-0.39, 0.29) is 0 Å². The van der Waals surface area contributed by atoms with Crippen molar-refractivity contribution in [2.24, 2.45) is 5.92 Å². The summed E-state index contributed by atoms with van der Waals surface area (Å²) in [5.74, 6) is 0.867. The molecule has 0 saturated heterocycles. The Morgan fingerprint density at radius 2 is 1.82 bits per heavy atom. The summed E-state index contributed by atoms with van der Waals surface area (Å²) in [6.45, 7) is 10.8. The van der Waals surface area contributed by atoms with Gasteiger partial charge in [-0.3, -0.25) is 9.59 Å². The topological polar surface area (TPSA) is 43.4 Å². The number of alkyl halides is 1. The van der Waals surface area contributed by atoms with Crippen molar-refractivity contribution in [3.8, 4) is 5.75 Å². The highest BCUT2D eigenvalue weighted by Gasteiger charge is 2.08. The molecule has 1 aromatic carbocycles. The van der Waals surface area contributed by atoms with Gasteiger partial charge in [0, 0.05) is 0 Å². The molecule has 4 heteroatoms. The Balaban J connectivity index is 0. The fourth-order valence-corrected chi connectivity index (χ4v) is 1.68. The van der Waals surface area contributed by atoms with Gasteiger partial charge in [-0.2, -0.15) is 0 Å². The van der Waals surface area contributed by atoms with Crippen LogP contribution in [0.15, 0.2) is 12.1 Å². The van der Waals surface area contributed by atoms with Crippen LogP contribution in [0.25, 0.3) is 0 Å². The largest absolute Gasteiger partial charge is 0.496 e. The van der Waals surface area contributed by atoms with Crippen LogP contribution in [0, 0.1) is 12.8 Å². The van der Waals surface area contributed by atoms with E-state index in [4.69, 9.17) is 4.74 Å². The first-order valence-corrected chi connectivity index (χ1v) is 7.53. The van der Waals surface area contributed by atoms with Crippen molar-refractivity contribution in [3.63, 3.8) is 0 Å². The summed E-state index contributed by atoms with van der Waals surface area (Å²) in [6.07, 6.45) is 1.85. The Bertz CT molecular complexity index is 454. The van der Waals surface area contributed by atoms with Crippen LogP contribution in [0.4, 0.5) is 4.39 Å². The van der Waals surface area contributed by atoms with Crippen LogP contribution in [-0.2, 0) is 11.2 Å². The van der Waals surface area contributed by atoms with Gasteiger partial charge in [0.15, 0.2) is 12.1 Å². The highest BCUT2D eigenvalue weighted by Crippen LogP contribution is 2.23. The predicted molar refractivity (Wildman–Crippen MR) is 89.7 cm³/mol. The fourth-order valence-electron chi connectivity index (χ4n) is 1.68. The number of ketones is 1. The van der Waals surface area contributed by atoms with Gasteiger partial charge in [0.25, 0.3) is 0 Å². The fraction of sp³-hybridized carbons (Fsp3) is 0.556. The Morgan fingerprint density at radius 1 is 1.32 bits per heavy atom. The number of hydrogen-bond donors (Lipinski definition) is 0. The van der Waals surface area contributed by atoms with E-state index < -0.39 is 12.5 Å². The zero-order valence-electron chi connectivity index (χ0n) is 14.8. The number of carbonyl (C=O) groups is 2. The van der Waals surface area contributed by atoms with E-state index in [1.165, 1.54) is 12.5 Å². The minimum Gasteiger partial charge on any atom is -0.496 e. The van der Waals surface area contributed by atoms with Gasteiger partial charge in [-0.1, -0.05) is 27.7 Å². The normalized spacial score (nSPS) is 9.14. The molecular weight excluding hydrogens is 283 g/mol. The van der Waals surface area contributed by atoms with Crippen molar-refractivity contribution in [2.75, 3.05) is 13.8 Å². The number of rotatable bonds is 5. The second-order valence-corrected chi connectivity index (χ2v) is 5.07. The molecule has 0 amide bonds. The molecule has 0 N–H and O–H groups in total. The number of methoxy groups -OCH3 is 1. The summed E-state index contributed by atoms with van der Waals surface area (Å²) < 4.78 is 15.9. The highest BCUT2D eigenvalue weighted by molar-refractivity contribution is 5.80. The first-order valence-electron chi connectivity index (χ1n) is 7.53. The lowest BCUT2D eigenvalue weighted by atomic mass is 9.96. The van der Waals surface area contributed by atoms with Crippen LogP contribution < -0.4 is 4.74 Å². The first kappa shape index (κ1) is 22.6. The summed E-state index contributed by atoms with van der Waals surface area (Å²) >= 11 is 0. The summed E-state index contributed by atoms with van der Waals surface area (Å²) in [5.41, 5.74) is 3.04. The molecule has 22 heavy (non-hydrogen) atoms. The van der Waals surface area contributed by atoms with Crippen LogP contribution in [0.2, 0.25) is 0 Å². The number of ether oxygens (including phenoxy) is 1. The van der Waals surface area contributed by atoms with Gasteiger partial charge in [0.05, 0.1) is 12.7 Å². The predicted octanol–water partition coefficient (Wildman–Crippen LogP) is 4.59. The molecular formula is C18H29FO3. The molecule has 0 spiro atoms. The Labute approximate surface area is 133 Å². The lowest BCUT2D eigenvalue weighted by molar-refractivity contribution is -0.117. The van der Waals surface area contributed by atoms with Crippen molar-refractivity contribution >= 4 is 12.1 Å². The molecule has 0 unspecified atom stereocenters. The molecule has 0 saturated carbocycles. The van der Waals surface area contributed by atoms with E-state index in [0.717, 1.165) is 18.3 Å². The maximum atomic E-state index is 10.8. The summed E-state index contributed by atoms with van der Waals surface area (Å²) in [6, 6.07) is 3.86. The third-order valence-corrected chi connectivity index (χ3v) is 2.63. The second-order valence-electron chi connectivity index (χ2n) is 5.07. The number of halogens is 1. The average Bonchev–Trinajstić information content (AvgIpc) is 2.50. The quantitative estimate of drug-likeness (QED) is 0.747. The highest BCUT2D eigenvalue weighted by atomic mass is 19.1. The molecule has 1 rings (SSSR count). The third-order valence-electron chi connectivity index (χ3n) is 2.63. The lowest BCUT2D eigenvalue weighted by Gasteiger charge is -2.12. The molecule has 126 valence electrons. The summed E-state index contributed by atoms with van der Waals surface area (Å²) in [5, 5.41) is 0. The van der Waals surface area contributed by atoms with Crippen LogP contribution in [0.1, 0.15) is 56.1 Å². The molecule has 0 bridgehead atoms. The van der Waals surface area contributed by atoms with E-state index in [9.17, 15) is 14.0 Å².